The molecule has 0 atom stereocenters. The van der Waals surface area contributed by atoms with Crippen molar-refractivity contribution >= 4 is 16.6 Å². The summed E-state index contributed by atoms with van der Waals surface area (Å²) in [5, 5.41) is 13.9. The van der Waals surface area contributed by atoms with E-state index in [2.05, 4.69) is 31.5 Å². The molecule has 3 aromatic rings. The van der Waals surface area contributed by atoms with Crippen molar-refractivity contribution < 1.29 is 0 Å². The Hall–Kier alpha value is -2.56. The summed E-state index contributed by atoms with van der Waals surface area (Å²) in [6, 6.07) is 8.10. The number of benzene rings is 1. The molecule has 0 bridgehead atoms. The van der Waals surface area contributed by atoms with Crippen LogP contribution in [0.3, 0.4) is 0 Å². The molecule has 5 heteroatoms. The summed E-state index contributed by atoms with van der Waals surface area (Å²) in [4.78, 5) is 8.55. The van der Waals surface area contributed by atoms with Crippen LogP contribution >= 0.6 is 0 Å². The van der Waals surface area contributed by atoms with Crippen molar-refractivity contribution in [3.63, 3.8) is 0 Å². The van der Waals surface area contributed by atoms with Gasteiger partial charge >= 0.3 is 0 Å². The maximum Gasteiger partial charge on any atom is 0.156 e. The van der Waals surface area contributed by atoms with E-state index in [0.717, 1.165) is 33.7 Å². The Kier molecular flexibility index (Phi) is 3.25. The lowest BCUT2D eigenvalue weighted by Gasteiger charge is -2.09. The van der Waals surface area contributed by atoms with Crippen LogP contribution in [0.2, 0.25) is 0 Å². The average Bonchev–Trinajstić information content (AvgIpc) is 2.49. The number of aromatic nitrogens is 4. The molecule has 1 N–H and O–H groups in total. The van der Waals surface area contributed by atoms with Gasteiger partial charge in [0.05, 0.1) is 29.8 Å². The summed E-state index contributed by atoms with van der Waals surface area (Å²) in [6.45, 7) is 4.46. The van der Waals surface area contributed by atoms with E-state index in [1.807, 2.05) is 32.0 Å². The largest absolute Gasteiger partial charge is 0.362 e. The Bertz CT molecular complexity index is 737. The first-order valence-corrected chi connectivity index (χ1v) is 6.47. The van der Waals surface area contributed by atoms with Gasteiger partial charge in [-0.25, -0.2) is 0 Å². The van der Waals surface area contributed by atoms with Crippen molar-refractivity contribution in [1.82, 2.24) is 20.2 Å². The van der Waals surface area contributed by atoms with E-state index < -0.39 is 0 Å². The van der Waals surface area contributed by atoms with Crippen LogP contribution in [-0.4, -0.2) is 20.2 Å². The predicted octanol–water partition coefficient (Wildman–Crippen LogP) is 2.65. The Morgan fingerprint density at radius 2 is 1.75 bits per heavy atom. The van der Waals surface area contributed by atoms with Crippen LogP contribution in [0.1, 0.15) is 17.1 Å². The van der Waals surface area contributed by atoms with Crippen molar-refractivity contribution in [2.75, 3.05) is 5.32 Å². The number of hydrogen-bond donors (Lipinski definition) is 1. The fourth-order valence-electron chi connectivity index (χ4n) is 2.05. The monoisotopic (exact) mass is 265 g/mol. The molecule has 0 aliphatic rings. The van der Waals surface area contributed by atoms with E-state index in [0.29, 0.717) is 6.54 Å². The van der Waals surface area contributed by atoms with Gasteiger partial charge in [-0.1, -0.05) is 24.3 Å². The second-order valence-electron chi connectivity index (χ2n) is 4.68. The number of hydrogen-bond acceptors (Lipinski definition) is 5. The van der Waals surface area contributed by atoms with Crippen molar-refractivity contribution in [2.45, 2.75) is 20.4 Å². The molecular formula is C15H15N5. The molecule has 0 radical (unpaired) electrons. The lowest BCUT2D eigenvalue weighted by Crippen LogP contribution is -2.06. The molecule has 0 amide bonds. The zero-order valence-electron chi connectivity index (χ0n) is 11.5. The molecule has 2 heterocycles. The Balaban J connectivity index is 1.88. The Morgan fingerprint density at radius 1 is 0.950 bits per heavy atom. The highest BCUT2D eigenvalue weighted by atomic mass is 15.2. The SMILES string of the molecule is Cc1cnc(CNc2nnc(C)c3ccccc23)cn1. The van der Waals surface area contributed by atoms with E-state index in [9.17, 15) is 0 Å². The number of anilines is 1. The van der Waals surface area contributed by atoms with Crippen LogP contribution in [0.25, 0.3) is 10.8 Å². The second-order valence-corrected chi connectivity index (χ2v) is 4.68. The van der Waals surface area contributed by atoms with Crippen LogP contribution in [0.4, 0.5) is 5.82 Å². The predicted molar refractivity (Wildman–Crippen MR) is 78.4 cm³/mol. The molecule has 0 saturated heterocycles. The van der Waals surface area contributed by atoms with Crippen molar-refractivity contribution in [3.8, 4) is 0 Å². The molecule has 1 aromatic carbocycles. The summed E-state index contributed by atoms with van der Waals surface area (Å²) in [5.74, 6) is 0.772. The minimum Gasteiger partial charge on any atom is -0.362 e. The highest BCUT2D eigenvalue weighted by Crippen LogP contribution is 2.22. The maximum absolute atomic E-state index is 4.32. The zero-order chi connectivity index (χ0) is 13.9. The van der Waals surface area contributed by atoms with Crippen molar-refractivity contribution in [2.24, 2.45) is 0 Å². The summed E-state index contributed by atoms with van der Waals surface area (Å²) in [5.41, 5.74) is 2.72. The number of nitrogens with one attached hydrogen (secondary N) is 1. The van der Waals surface area contributed by atoms with E-state index in [1.165, 1.54) is 0 Å². The molecule has 0 fully saturated rings. The van der Waals surface area contributed by atoms with E-state index in [4.69, 9.17) is 0 Å². The van der Waals surface area contributed by atoms with Crippen LogP contribution in [0, 0.1) is 13.8 Å². The standard InChI is InChI=1S/C15H15N5/c1-10-7-17-12(8-16-10)9-18-15-14-6-4-3-5-13(14)11(2)19-20-15/h3-8H,9H2,1-2H3,(H,18,20). The van der Waals surface area contributed by atoms with Crippen molar-refractivity contribution in [1.29, 1.82) is 0 Å². The maximum atomic E-state index is 4.32. The van der Waals surface area contributed by atoms with Crippen LogP contribution in [-0.2, 0) is 6.54 Å². The van der Waals surface area contributed by atoms with Gasteiger partial charge in [-0.05, 0) is 13.8 Å². The molecular weight excluding hydrogens is 250 g/mol. The van der Waals surface area contributed by atoms with E-state index >= 15 is 0 Å². The number of rotatable bonds is 3. The summed E-state index contributed by atoms with van der Waals surface area (Å²) >= 11 is 0. The average molecular weight is 265 g/mol. The van der Waals surface area contributed by atoms with Crippen molar-refractivity contribution in [3.05, 3.63) is 53.7 Å². The summed E-state index contributed by atoms with van der Waals surface area (Å²) < 4.78 is 0. The smallest absolute Gasteiger partial charge is 0.156 e. The minimum absolute atomic E-state index is 0.578. The van der Waals surface area contributed by atoms with E-state index in [1.54, 1.807) is 12.4 Å². The normalized spacial score (nSPS) is 10.7. The van der Waals surface area contributed by atoms with Gasteiger partial charge in [0.25, 0.3) is 0 Å². The van der Waals surface area contributed by atoms with Crippen LogP contribution in [0.5, 0.6) is 0 Å². The van der Waals surface area contributed by atoms with Gasteiger partial charge in [0.1, 0.15) is 0 Å². The summed E-state index contributed by atoms with van der Waals surface area (Å²) in [7, 11) is 0. The fourth-order valence-corrected chi connectivity index (χ4v) is 2.05. The van der Waals surface area contributed by atoms with Gasteiger partial charge in [0.2, 0.25) is 0 Å². The number of nitrogens with zero attached hydrogens (tertiary/aromatic N) is 4. The first-order valence-electron chi connectivity index (χ1n) is 6.47. The molecule has 0 aliphatic carbocycles. The fraction of sp³-hybridized carbons (Fsp3) is 0.200. The minimum atomic E-state index is 0.578. The molecule has 2 aromatic heterocycles. The molecule has 3 rings (SSSR count). The molecule has 5 nitrogen and oxygen atoms in total. The molecule has 0 saturated carbocycles. The number of fused-ring (bicyclic) bond motifs is 1. The third kappa shape index (κ3) is 2.42. The molecule has 0 unspecified atom stereocenters. The number of aryl methyl sites for hydroxylation is 2. The van der Waals surface area contributed by atoms with Gasteiger partial charge in [-0.2, -0.15) is 5.10 Å². The lowest BCUT2D eigenvalue weighted by molar-refractivity contribution is 0.949. The zero-order valence-corrected chi connectivity index (χ0v) is 11.5. The first kappa shape index (κ1) is 12.5. The van der Waals surface area contributed by atoms with Gasteiger partial charge < -0.3 is 5.32 Å². The second kappa shape index (κ2) is 5.21. The van der Waals surface area contributed by atoms with Gasteiger partial charge in [0.15, 0.2) is 5.82 Å². The molecule has 20 heavy (non-hydrogen) atoms. The van der Waals surface area contributed by atoms with E-state index in [-0.39, 0.29) is 0 Å². The van der Waals surface area contributed by atoms with Gasteiger partial charge in [0, 0.05) is 17.0 Å². The summed E-state index contributed by atoms with van der Waals surface area (Å²) in [6.07, 6.45) is 3.53. The third-order valence-corrected chi connectivity index (χ3v) is 3.14. The van der Waals surface area contributed by atoms with Gasteiger partial charge in [-0.15, -0.1) is 5.10 Å². The quantitative estimate of drug-likeness (QED) is 0.788. The van der Waals surface area contributed by atoms with Gasteiger partial charge in [-0.3, -0.25) is 9.97 Å². The van der Waals surface area contributed by atoms with Crippen LogP contribution < -0.4 is 5.32 Å². The molecule has 100 valence electrons. The van der Waals surface area contributed by atoms with Crippen LogP contribution in [0.15, 0.2) is 36.7 Å². The molecule has 0 aliphatic heterocycles. The topological polar surface area (TPSA) is 63.6 Å². The Labute approximate surface area is 117 Å². The first-order chi connectivity index (χ1) is 9.74. The highest BCUT2D eigenvalue weighted by molar-refractivity contribution is 5.92. The Morgan fingerprint density at radius 3 is 2.50 bits per heavy atom. The lowest BCUT2D eigenvalue weighted by atomic mass is 10.1. The highest BCUT2D eigenvalue weighted by Gasteiger charge is 2.06. The third-order valence-electron chi connectivity index (χ3n) is 3.14. The molecule has 0 spiro atoms.